The fraction of sp³-hybridized carbons (Fsp3) is 0.400. The summed E-state index contributed by atoms with van der Waals surface area (Å²) in [5.74, 6) is 0.208. The first kappa shape index (κ1) is 20.1. The Hall–Kier alpha value is -2.86. The van der Waals surface area contributed by atoms with E-state index in [2.05, 4.69) is 20.2 Å². The van der Waals surface area contributed by atoms with Crippen molar-refractivity contribution in [1.29, 1.82) is 0 Å². The summed E-state index contributed by atoms with van der Waals surface area (Å²) in [6, 6.07) is 10.7. The zero-order chi connectivity index (χ0) is 21.4. The van der Waals surface area contributed by atoms with Crippen molar-refractivity contribution in [2.45, 2.75) is 50.5 Å². The van der Waals surface area contributed by atoms with Gasteiger partial charge in [-0.05, 0) is 100.0 Å². The highest BCUT2D eigenvalue weighted by molar-refractivity contribution is 5.98. The number of aromatic nitrogens is 2. The van der Waals surface area contributed by atoms with Crippen LogP contribution in [0.1, 0.15) is 49.3 Å². The minimum absolute atomic E-state index is 0.0827. The molecule has 1 aromatic carbocycles. The van der Waals surface area contributed by atoms with E-state index >= 15 is 0 Å². The average molecular weight is 419 g/mol. The molecule has 6 heteroatoms. The Morgan fingerprint density at radius 1 is 1.13 bits per heavy atom. The summed E-state index contributed by atoms with van der Waals surface area (Å²) in [4.78, 5) is 24.3. The topological polar surface area (TPSA) is 58.1 Å². The van der Waals surface area contributed by atoms with Crippen LogP contribution in [0.15, 0.2) is 48.8 Å². The molecule has 31 heavy (non-hydrogen) atoms. The number of nitrogens with zero attached hydrogens (tertiary/aromatic N) is 3. The smallest absolute Gasteiger partial charge is 0.244 e. The van der Waals surface area contributed by atoms with Gasteiger partial charge in [0.15, 0.2) is 0 Å². The van der Waals surface area contributed by atoms with E-state index in [1.165, 1.54) is 11.6 Å². The number of amides is 1. The van der Waals surface area contributed by atoms with Gasteiger partial charge in [0.25, 0.3) is 0 Å². The number of hydrogen-bond donors (Lipinski definition) is 1. The van der Waals surface area contributed by atoms with Crippen molar-refractivity contribution in [1.82, 2.24) is 14.9 Å². The molecule has 1 aliphatic heterocycles. The minimum Gasteiger partial charge on any atom is -0.323 e. The molecule has 5 nitrogen and oxygen atoms in total. The lowest BCUT2D eigenvalue weighted by atomic mass is 9.72. The Balaban J connectivity index is 1.31. The summed E-state index contributed by atoms with van der Waals surface area (Å²) < 4.78 is 13.9. The van der Waals surface area contributed by atoms with Crippen molar-refractivity contribution in [2.24, 2.45) is 0 Å². The van der Waals surface area contributed by atoms with Gasteiger partial charge < -0.3 is 5.32 Å². The molecule has 160 valence electrons. The summed E-state index contributed by atoms with van der Waals surface area (Å²) in [5, 5.41) is 4.00. The second-order valence-electron chi connectivity index (χ2n) is 8.85. The highest BCUT2D eigenvalue weighted by Gasteiger charge is 2.49. The van der Waals surface area contributed by atoms with Gasteiger partial charge in [0.2, 0.25) is 5.91 Å². The van der Waals surface area contributed by atoms with Crippen LogP contribution in [0.3, 0.4) is 0 Å². The molecule has 0 spiro atoms. The molecule has 1 amide bonds. The lowest BCUT2D eigenvalue weighted by molar-refractivity contribution is -0.135. The van der Waals surface area contributed by atoms with Gasteiger partial charge in [0.05, 0.1) is 17.4 Å². The number of anilines is 1. The fourth-order valence-corrected chi connectivity index (χ4v) is 5.10. The summed E-state index contributed by atoms with van der Waals surface area (Å²) in [6.07, 6.45) is 8.32. The fourth-order valence-electron chi connectivity index (χ4n) is 5.10. The van der Waals surface area contributed by atoms with E-state index in [4.69, 9.17) is 0 Å². The van der Waals surface area contributed by atoms with Crippen molar-refractivity contribution >= 4 is 22.5 Å². The highest BCUT2D eigenvalue weighted by atomic mass is 19.1. The zero-order valence-corrected chi connectivity index (χ0v) is 17.8. The van der Waals surface area contributed by atoms with Gasteiger partial charge in [0, 0.05) is 17.3 Å². The van der Waals surface area contributed by atoms with E-state index in [0.29, 0.717) is 5.92 Å². The van der Waals surface area contributed by atoms with Gasteiger partial charge in [-0.1, -0.05) is 0 Å². The Morgan fingerprint density at radius 3 is 2.61 bits per heavy atom. The number of carbonyl (C=O) groups excluding carboxylic acids is 1. The second kappa shape index (κ2) is 8.00. The third-order valence-corrected chi connectivity index (χ3v) is 7.05. The first-order valence-corrected chi connectivity index (χ1v) is 11.1. The van der Waals surface area contributed by atoms with E-state index in [0.717, 1.165) is 67.5 Å². The maximum atomic E-state index is 13.9. The average Bonchev–Trinajstić information content (AvgIpc) is 2.75. The van der Waals surface area contributed by atoms with Gasteiger partial charge in [-0.2, -0.15) is 0 Å². The molecule has 1 saturated heterocycles. The molecule has 0 atom stereocenters. The van der Waals surface area contributed by atoms with Crippen molar-refractivity contribution in [3.63, 3.8) is 0 Å². The summed E-state index contributed by atoms with van der Waals surface area (Å²) >= 11 is 0. The third-order valence-electron chi connectivity index (χ3n) is 7.05. The molecule has 2 aromatic heterocycles. The van der Waals surface area contributed by atoms with E-state index < -0.39 is 5.54 Å². The van der Waals surface area contributed by atoms with Gasteiger partial charge in [-0.3, -0.25) is 19.7 Å². The number of aryl methyl sites for hydroxylation is 1. The van der Waals surface area contributed by atoms with Crippen LogP contribution in [-0.4, -0.2) is 39.4 Å². The SMILES string of the molecule is Cc1ccc(NC(=O)C2(N3CCC(c4ccnc5ccc(F)cc45)CC3)CCC2)cn1. The zero-order valence-electron chi connectivity index (χ0n) is 17.8. The minimum atomic E-state index is -0.414. The number of nitrogens with one attached hydrogen (secondary N) is 1. The largest absolute Gasteiger partial charge is 0.323 e. The Kier molecular flexibility index (Phi) is 5.18. The maximum absolute atomic E-state index is 13.9. The maximum Gasteiger partial charge on any atom is 0.244 e. The molecule has 3 heterocycles. The number of likely N-dealkylation sites (tertiary alicyclic amines) is 1. The second-order valence-corrected chi connectivity index (χ2v) is 8.85. The number of piperidine rings is 1. The van der Waals surface area contributed by atoms with Crippen LogP contribution in [0.2, 0.25) is 0 Å². The monoisotopic (exact) mass is 418 g/mol. The van der Waals surface area contributed by atoms with Gasteiger partial charge >= 0.3 is 0 Å². The number of halogens is 1. The predicted molar refractivity (Wildman–Crippen MR) is 119 cm³/mol. The molecule has 1 N–H and O–H groups in total. The number of benzene rings is 1. The number of rotatable bonds is 4. The number of hydrogen-bond acceptors (Lipinski definition) is 4. The molecule has 3 aromatic rings. The lowest BCUT2D eigenvalue weighted by Crippen LogP contribution is -2.62. The van der Waals surface area contributed by atoms with Gasteiger partial charge in [-0.15, -0.1) is 0 Å². The van der Waals surface area contributed by atoms with Crippen molar-refractivity contribution in [3.05, 3.63) is 65.9 Å². The van der Waals surface area contributed by atoms with Crippen LogP contribution >= 0.6 is 0 Å². The number of fused-ring (bicyclic) bond motifs is 1. The number of carbonyl (C=O) groups is 1. The summed E-state index contributed by atoms with van der Waals surface area (Å²) in [6.45, 7) is 3.66. The normalized spacial score (nSPS) is 19.2. The van der Waals surface area contributed by atoms with Crippen molar-refractivity contribution < 1.29 is 9.18 Å². The summed E-state index contributed by atoms with van der Waals surface area (Å²) in [7, 11) is 0. The third kappa shape index (κ3) is 3.69. The van der Waals surface area contributed by atoms with E-state index in [1.54, 1.807) is 18.3 Å². The van der Waals surface area contributed by atoms with Crippen LogP contribution in [0, 0.1) is 12.7 Å². The predicted octanol–water partition coefficient (Wildman–Crippen LogP) is 4.82. The van der Waals surface area contributed by atoms with Crippen LogP contribution in [0.5, 0.6) is 0 Å². The molecular formula is C25H27FN4O. The Morgan fingerprint density at radius 2 is 1.94 bits per heavy atom. The standard InChI is InChI=1S/C25H27FN4O/c1-17-3-5-20(16-28-17)29-24(31)25(10-2-11-25)30-13-8-18(9-14-30)21-7-12-27-23-6-4-19(26)15-22(21)23/h3-7,12,15-16,18H,2,8-11,13-14H2,1H3,(H,29,31). The van der Waals surface area contributed by atoms with Crippen molar-refractivity contribution in [2.75, 3.05) is 18.4 Å². The molecule has 5 rings (SSSR count). The highest BCUT2D eigenvalue weighted by Crippen LogP contribution is 2.42. The summed E-state index contributed by atoms with van der Waals surface area (Å²) in [5.41, 5.74) is 3.27. The molecular weight excluding hydrogens is 391 g/mol. The molecule has 2 aliphatic rings. The van der Waals surface area contributed by atoms with Crippen LogP contribution in [0.4, 0.5) is 10.1 Å². The van der Waals surface area contributed by atoms with Crippen LogP contribution in [0.25, 0.3) is 10.9 Å². The lowest BCUT2D eigenvalue weighted by Gasteiger charge is -2.51. The van der Waals surface area contributed by atoms with E-state index in [1.807, 2.05) is 31.3 Å². The van der Waals surface area contributed by atoms with Gasteiger partial charge in [0.1, 0.15) is 11.4 Å². The molecule has 0 unspecified atom stereocenters. The molecule has 1 aliphatic carbocycles. The molecule has 2 fully saturated rings. The van der Waals surface area contributed by atoms with E-state index in [9.17, 15) is 9.18 Å². The first-order valence-electron chi connectivity index (χ1n) is 11.1. The molecule has 0 radical (unpaired) electrons. The molecule has 0 bridgehead atoms. The van der Waals surface area contributed by atoms with Crippen LogP contribution < -0.4 is 5.32 Å². The Labute approximate surface area is 181 Å². The van der Waals surface area contributed by atoms with E-state index in [-0.39, 0.29) is 11.7 Å². The first-order chi connectivity index (χ1) is 15.0. The Bertz CT molecular complexity index is 1100. The quantitative estimate of drug-likeness (QED) is 0.660. The number of pyridine rings is 2. The van der Waals surface area contributed by atoms with Crippen LogP contribution in [-0.2, 0) is 4.79 Å². The van der Waals surface area contributed by atoms with Crippen molar-refractivity contribution in [3.8, 4) is 0 Å². The molecule has 1 saturated carbocycles. The van der Waals surface area contributed by atoms with Gasteiger partial charge in [-0.25, -0.2) is 4.39 Å².